The predicted octanol–water partition coefficient (Wildman–Crippen LogP) is 2.43. The van der Waals surface area contributed by atoms with Crippen molar-refractivity contribution in [2.24, 2.45) is 5.92 Å². The maximum Gasteiger partial charge on any atom is 0.326 e. The van der Waals surface area contributed by atoms with Gasteiger partial charge >= 0.3 is 5.97 Å². The molecule has 1 aromatic rings. The number of carbonyl (C=O) groups is 3. The van der Waals surface area contributed by atoms with Crippen molar-refractivity contribution in [3.8, 4) is 0 Å². The average molecular weight is 361 g/mol. The van der Waals surface area contributed by atoms with Crippen LogP contribution in [-0.2, 0) is 40.2 Å². The topological polar surface area (TPSA) is 74.7 Å². The maximum absolute atomic E-state index is 12.8. The summed E-state index contributed by atoms with van der Waals surface area (Å²) in [5, 5.41) is 9.59. The summed E-state index contributed by atoms with van der Waals surface area (Å²) < 4.78 is 0. The van der Waals surface area contributed by atoms with Crippen LogP contribution in [0.1, 0.15) is 42.5 Å². The van der Waals surface area contributed by atoms with Gasteiger partial charge in [-0.15, -0.1) is 0 Å². The molecule has 1 amide bonds. The maximum atomic E-state index is 12.8. The van der Waals surface area contributed by atoms with Crippen molar-refractivity contribution >= 4 is 28.8 Å². The number of rotatable bonds is 4. The molecule has 0 bridgehead atoms. The van der Waals surface area contributed by atoms with E-state index in [9.17, 15) is 19.5 Å². The van der Waals surface area contributed by atoms with Crippen LogP contribution >= 0.6 is 11.8 Å². The molecule has 1 heterocycles. The molecular formula is C19H23NO4S. The van der Waals surface area contributed by atoms with Crippen LogP contribution in [-0.4, -0.2) is 38.8 Å². The van der Waals surface area contributed by atoms with E-state index in [0.717, 1.165) is 42.2 Å². The Morgan fingerprint density at radius 3 is 2.44 bits per heavy atom. The molecule has 1 aliphatic carbocycles. The van der Waals surface area contributed by atoms with Gasteiger partial charge in [-0.25, -0.2) is 4.79 Å². The highest BCUT2D eigenvalue weighted by molar-refractivity contribution is 8.13. The molecule has 1 aromatic carbocycles. The van der Waals surface area contributed by atoms with E-state index in [0.29, 0.717) is 18.7 Å². The lowest BCUT2D eigenvalue weighted by Crippen LogP contribution is -2.50. The van der Waals surface area contributed by atoms with Crippen LogP contribution in [0, 0.1) is 5.92 Å². The number of nitrogens with zero attached hydrogens (tertiary/aromatic N) is 1. The summed E-state index contributed by atoms with van der Waals surface area (Å²) in [5.74, 6) is -1.15. The quantitative estimate of drug-likeness (QED) is 0.891. The zero-order valence-electron chi connectivity index (χ0n) is 14.6. The van der Waals surface area contributed by atoms with Crippen LogP contribution in [0.5, 0.6) is 0 Å². The van der Waals surface area contributed by atoms with E-state index in [1.807, 2.05) is 0 Å². The van der Waals surface area contributed by atoms with Crippen molar-refractivity contribution in [3.05, 3.63) is 34.4 Å². The molecule has 1 aliphatic heterocycles. The second-order valence-electron chi connectivity index (χ2n) is 6.97. The van der Waals surface area contributed by atoms with E-state index in [2.05, 4.69) is 12.1 Å². The normalized spacial score (nSPS) is 19.9. The van der Waals surface area contributed by atoms with Crippen molar-refractivity contribution < 1.29 is 19.5 Å². The van der Waals surface area contributed by atoms with Gasteiger partial charge in [0.2, 0.25) is 5.91 Å². The average Bonchev–Trinajstić information content (AvgIpc) is 3.02. The first-order chi connectivity index (χ1) is 11.9. The summed E-state index contributed by atoms with van der Waals surface area (Å²) >= 11 is 1.11. The zero-order valence-corrected chi connectivity index (χ0v) is 15.4. The van der Waals surface area contributed by atoms with Crippen LogP contribution < -0.4 is 0 Å². The highest BCUT2D eigenvalue weighted by atomic mass is 32.2. The second kappa shape index (κ2) is 7.20. The van der Waals surface area contributed by atoms with Gasteiger partial charge in [-0.3, -0.25) is 9.59 Å². The molecule has 0 spiro atoms. The number of hydrogen-bond donors (Lipinski definition) is 1. The van der Waals surface area contributed by atoms with Crippen molar-refractivity contribution in [1.29, 1.82) is 0 Å². The van der Waals surface area contributed by atoms with E-state index < -0.39 is 12.0 Å². The van der Waals surface area contributed by atoms with Gasteiger partial charge < -0.3 is 10.0 Å². The fourth-order valence-electron chi connectivity index (χ4n) is 3.72. The van der Waals surface area contributed by atoms with Crippen molar-refractivity contribution in [2.45, 2.75) is 52.1 Å². The first-order valence-corrected chi connectivity index (χ1v) is 9.65. The first-order valence-electron chi connectivity index (χ1n) is 8.67. The zero-order chi connectivity index (χ0) is 18.1. The molecule has 0 aromatic heterocycles. The molecule has 6 heteroatoms. The minimum atomic E-state index is -0.967. The number of hydrogen-bond acceptors (Lipinski definition) is 4. The minimum absolute atomic E-state index is 0.0333. The van der Waals surface area contributed by atoms with E-state index in [1.54, 1.807) is 6.92 Å². The Balaban J connectivity index is 1.84. The van der Waals surface area contributed by atoms with Crippen molar-refractivity contribution in [3.63, 3.8) is 0 Å². The number of carbonyl (C=O) groups excluding carboxylic acids is 2. The molecule has 1 N–H and O–H groups in total. The Kier molecular flexibility index (Phi) is 5.18. The van der Waals surface area contributed by atoms with Gasteiger partial charge in [-0.2, -0.15) is 0 Å². The largest absolute Gasteiger partial charge is 0.480 e. The third kappa shape index (κ3) is 3.73. The Labute approximate surface area is 151 Å². The SMILES string of the molecule is CC(=O)SCC(C)C(=O)N1Cc2cc3c(cc2CC1C(=O)O)CCC3. The lowest BCUT2D eigenvalue weighted by Gasteiger charge is -2.36. The third-order valence-electron chi connectivity index (χ3n) is 5.07. The standard InChI is InChI=1S/C19H23NO4S/c1-11(10-25-12(2)21)18(22)20-9-16-7-14-5-3-4-13(14)6-15(16)8-17(20)19(23)24/h6-7,11,17H,3-5,8-10H2,1-2H3,(H,23,24). The molecular weight excluding hydrogens is 338 g/mol. The number of thioether (sulfide) groups is 1. The molecule has 0 saturated heterocycles. The Morgan fingerprint density at radius 2 is 1.84 bits per heavy atom. The molecule has 0 radical (unpaired) electrons. The van der Waals surface area contributed by atoms with Gasteiger partial charge in [0.15, 0.2) is 5.12 Å². The summed E-state index contributed by atoms with van der Waals surface area (Å²) in [6.45, 7) is 3.57. The van der Waals surface area contributed by atoms with E-state index in [-0.39, 0.29) is 16.9 Å². The van der Waals surface area contributed by atoms with Crippen LogP contribution in [0.15, 0.2) is 12.1 Å². The first kappa shape index (κ1) is 18.0. The van der Waals surface area contributed by atoms with Crippen LogP contribution in [0.2, 0.25) is 0 Å². The van der Waals surface area contributed by atoms with Crippen molar-refractivity contribution in [1.82, 2.24) is 4.90 Å². The molecule has 0 saturated carbocycles. The van der Waals surface area contributed by atoms with Crippen LogP contribution in [0.25, 0.3) is 0 Å². The van der Waals surface area contributed by atoms with Gasteiger partial charge in [-0.05, 0) is 41.5 Å². The van der Waals surface area contributed by atoms with Crippen molar-refractivity contribution in [2.75, 3.05) is 5.75 Å². The van der Waals surface area contributed by atoms with Gasteiger partial charge in [0.1, 0.15) is 6.04 Å². The van der Waals surface area contributed by atoms with Gasteiger partial charge in [0.25, 0.3) is 0 Å². The second-order valence-corrected chi connectivity index (χ2v) is 8.17. The predicted molar refractivity (Wildman–Crippen MR) is 96.4 cm³/mol. The molecule has 25 heavy (non-hydrogen) atoms. The molecule has 5 nitrogen and oxygen atoms in total. The number of amides is 1. The Hall–Kier alpha value is -1.82. The molecule has 2 unspecified atom stereocenters. The minimum Gasteiger partial charge on any atom is -0.480 e. The molecule has 3 rings (SSSR count). The number of carboxylic acids is 1. The van der Waals surface area contributed by atoms with E-state index in [1.165, 1.54) is 23.0 Å². The number of fused-ring (bicyclic) bond motifs is 2. The van der Waals surface area contributed by atoms with Crippen LogP contribution in [0.4, 0.5) is 0 Å². The summed E-state index contributed by atoms with van der Waals surface area (Å²) in [5.41, 5.74) is 4.79. The summed E-state index contributed by atoms with van der Waals surface area (Å²) in [6.07, 6.45) is 3.62. The van der Waals surface area contributed by atoms with E-state index in [4.69, 9.17) is 0 Å². The summed E-state index contributed by atoms with van der Waals surface area (Å²) in [7, 11) is 0. The molecule has 2 aliphatic rings. The van der Waals surface area contributed by atoms with Gasteiger partial charge in [0, 0.05) is 31.6 Å². The lowest BCUT2D eigenvalue weighted by atomic mass is 9.90. The Bertz CT molecular complexity index is 730. The Morgan fingerprint density at radius 1 is 1.20 bits per heavy atom. The van der Waals surface area contributed by atoms with E-state index >= 15 is 0 Å². The molecule has 0 fully saturated rings. The number of aryl methyl sites for hydroxylation is 2. The highest BCUT2D eigenvalue weighted by Gasteiger charge is 2.37. The van der Waals surface area contributed by atoms with Gasteiger partial charge in [0.05, 0.1) is 0 Å². The number of carboxylic acid groups (broad SMARTS) is 1. The number of aliphatic carboxylic acids is 1. The highest BCUT2D eigenvalue weighted by Crippen LogP contribution is 2.31. The third-order valence-corrected chi connectivity index (χ3v) is 6.14. The molecule has 134 valence electrons. The van der Waals surface area contributed by atoms with Crippen LogP contribution in [0.3, 0.4) is 0 Å². The summed E-state index contributed by atoms with van der Waals surface area (Å²) in [6, 6.07) is 3.47. The molecule has 2 atom stereocenters. The lowest BCUT2D eigenvalue weighted by molar-refractivity contribution is -0.152. The summed E-state index contributed by atoms with van der Waals surface area (Å²) in [4.78, 5) is 37.2. The fraction of sp³-hybridized carbons (Fsp3) is 0.526. The van der Waals surface area contributed by atoms with Gasteiger partial charge in [-0.1, -0.05) is 30.8 Å². The fourth-order valence-corrected chi connectivity index (χ4v) is 4.35. The number of benzene rings is 1. The monoisotopic (exact) mass is 361 g/mol. The smallest absolute Gasteiger partial charge is 0.326 e.